The summed E-state index contributed by atoms with van der Waals surface area (Å²) in [5.74, 6) is 0. The van der Waals surface area contributed by atoms with Crippen molar-refractivity contribution in [1.29, 1.82) is 0 Å². The first-order valence-electron chi connectivity index (χ1n) is 4.08. The molecule has 0 aromatic rings. The van der Waals surface area contributed by atoms with Gasteiger partial charge in [0.25, 0.3) is 0 Å². The lowest BCUT2D eigenvalue weighted by molar-refractivity contribution is 0.110. The molecule has 0 saturated carbocycles. The third-order valence-electron chi connectivity index (χ3n) is 1.72. The van der Waals surface area contributed by atoms with E-state index >= 15 is 0 Å². The summed E-state index contributed by atoms with van der Waals surface area (Å²) in [6.45, 7) is 8.79. The van der Waals surface area contributed by atoms with Crippen LogP contribution in [0.25, 0.3) is 0 Å². The Bertz CT molecular complexity index is 92.8. The maximum atomic E-state index is 8.74. The average molecular weight is 160 g/mol. The van der Waals surface area contributed by atoms with E-state index in [4.69, 9.17) is 10.8 Å². The van der Waals surface area contributed by atoms with Gasteiger partial charge in [0, 0.05) is 25.2 Å². The molecule has 0 amide bonds. The first-order valence-corrected chi connectivity index (χ1v) is 4.08. The maximum Gasteiger partial charge on any atom is 0.0558 e. The summed E-state index contributed by atoms with van der Waals surface area (Å²) < 4.78 is 0. The highest BCUT2D eigenvalue weighted by Crippen LogP contribution is 2.10. The minimum Gasteiger partial charge on any atom is -0.395 e. The van der Waals surface area contributed by atoms with Crippen LogP contribution in [0.15, 0.2) is 0 Å². The van der Waals surface area contributed by atoms with Crippen LogP contribution in [-0.4, -0.2) is 41.8 Å². The van der Waals surface area contributed by atoms with Gasteiger partial charge in [-0.3, -0.25) is 4.90 Å². The Morgan fingerprint density at radius 1 is 1.27 bits per heavy atom. The monoisotopic (exact) mass is 160 g/mol. The number of nitrogens with zero attached hydrogens (tertiary/aromatic N) is 1. The van der Waals surface area contributed by atoms with E-state index in [1.54, 1.807) is 0 Å². The van der Waals surface area contributed by atoms with E-state index in [-0.39, 0.29) is 12.1 Å². The van der Waals surface area contributed by atoms with Gasteiger partial charge in [-0.1, -0.05) is 0 Å². The van der Waals surface area contributed by atoms with E-state index in [0.717, 1.165) is 6.54 Å². The van der Waals surface area contributed by atoms with Gasteiger partial charge < -0.3 is 10.8 Å². The molecule has 0 bridgehead atoms. The van der Waals surface area contributed by atoms with Gasteiger partial charge in [0.05, 0.1) is 6.61 Å². The molecule has 0 heterocycles. The third kappa shape index (κ3) is 4.35. The third-order valence-corrected chi connectivity index (χ3v) is 1.72. The Kier molecular flexibility index (Phi) is 4.65. The molecule has 0 aromatic carbocycles. The molecule has 0 rings (SSSR count). The molecular formula is C8H20N2O. The molecular weight excluding hydrogens is 140 g/mol. The first-order chi connectivity index (χ1) is 5.02. The number of aliphatic hydroxyl groups is 1. The highest BCUT2D eigenvalue weighted by Gasteiger charge is 2.18. The number of hydrogen-bond donors (Lipinski definition) is 2. The van der Waals surface area contributed by atoms with Crippen molar-refractivity contribution in [3.05, 3.63) is 0 Å². The van der Waals surface area contributed by atoms with Gasteiger partial charge in [-0.15, -0.1) is 0 Å². The summed E-state index contributed by atoms with van der Waals surface area (Å²) in [6.07, 6.45) is 0. The Balaban J connectivity index is 3.88. The molecule has 0 unspecified atom stereocenters. The molecule has 0 aromatic heterocycles. The highest BCUT2D eigenvalue weighted by molar-refractivity contribution is 4.75. The van der Waals surface area contributed by atoms with Crippen LogP contribution in [-0.2, 0) is 0 Å². The molecule has 0 fully saturated rings. The second-order valence-electron chi connectivity index (χ2n) is 3.67. The van der Waals surface area contributed by atoms with E-state index in [2.05, 4.69) is 25.7 Å². The van der Waals surface area contributed by atoms with E-state index in [1.807, 2.05) is 0 Å². The molecule has 3 nitrogen and oxygen atoms in total. The van der Waals surface area contributed by atoms with Crippen LogP contribution < -0.4 is 5.73 Å². The van der Waals surface area contributed by atoms with Crippen molar-refractivity contribution in [2.45, 2.75) is 26.3 Å². The van der Waals surface area contributed by atoms with Crippen molar-refractivity contribution in [3.63, 3.8) is 0 Å². The lowest BCUT2D eigenvalue weighted by Gasteiger charge is -2.34. The van der Waals surface area contributed by atoms with Gasteiger partial charge in [-0.2, -0.15) is 0 Å². The standard InChI is InChI=1S/C8H20N2O/c1-8(2,3)10(5-4-9)6-7-11/h11H,4-7,9H2,1-3H3. The second-order valence-corrected chi connectivity index (χ2v) is 3.67. The quantitative estimate of drug-likeness (QED) is 0.610. The summed E-state index contributed by atoms with van der Waals surface area (Å²) in [5.41, 5.74) is 5.55. The summed E-state index contributed by atoms with van der Waals surface area (Å²) in [4.78, 5) is 2.17. The zero-order chi connectivity index (χ0) is 8.91. The van der Waals surface area contributed by atoms with Crippen molar-refractivity contribution < 1.29 is 5.11 Å². The van der Waals surface area contributed by atoms with Crippen LogP contribution in [0.1, 0.15) is 20.8 Å². The molecule has 0 aliphatic carbocycles. The van der Waals surface area contributed by atoms with Crippen molar-refractivity contribution in [1.82, 2.24) is 4.90 Å². The van der Waals surface area contributed by atoms with Crippen LogP contribution in [0, 0.1) is 0 Å². The maximum absolute atomic E-state index is 8.74. The molecule has 68 valence electrons. The molecule has 11 heavy (non-hydrogen) atoms. The average Bonchev–Trinajstić information content (AvgIpc) is 1.85. The first kappa shape index (κ1) is 10.9. The molecule has 3 N–H and O–H groups in total. The van der Waals surface area contributed by atoms with Crippen LogP contribution in [0.5, 0.6) is 0 Å². The smallest absolute Gasteiger partial charge is 0.0558 e. The van der Waals surface area contributed by atoms with Gasteiger partial charge in [0.15, 0.2) is 0 Å². The lowest BCUT2D eigenvalue weighted by Crippen LogP contribution is -2.45. The van der Waals surface area contributed by atoms with Gasteiger partial charge in [0.1, 0.15) is 0 Å². The minimum absolute atomic E-state index is 0.113. The van der Waals surface area contributed by atoms with Gasteiger partial charge >= 0.3 is 0 Å². The highest BCUT2D eigenvalue weighted by atomic mass is 16.3. The minimum atomic E-state index is 0.113. The Hall–Kier alpha value is -0.120. The molecule has 0 radical (unpaired) electrons. The molecule has 0 saturated heterocycles. The Morgan fingerprint density at radius 2 is 1.82 bits per heavy atom. The predicted octanol–water partition coefficient (Wildman–Crippen LogP) is 0.0379. The van der Waals surface area contributed by atoms with Crippen molar-refractivity contribution in [3.8, 4) is 0 Å². The molecule has 0 spiro atoms. The Morgan fingerprint density at radius 3 is 2.09 bits per heavy atom. The number of nitrogens with two attached hydrogens (primary N) is 1. The fraction of sp³-hybridized carbons (Fsp3) is 1.00. The van der Waals surface area contributed by atoms with Crippen molar-refractivity contribution >= 4 is 0 Å². The summed E-state index contributed by atoms with van der Waals surface area (Å²) in [5, 5.41) is 8.74. The zero-order valence-corrected chi connectivity index (χ0v) is 7.80. The number of rotatable bonds is 4. The van der Waals surface area contributed by atoms with E-state index in [1.165, 1.54) is 0 Å². The van der Waals surface area contributed by atoms with Gasteiger partial charge in [-0.05, 0) is 20.8 Å². The lowest BCUT2D eigenvalue weighted by atomic mass is 10.1. The van der Waals surface area contributed by atoms with Crippen LogP contribution in [0.4, 0.5) is 0 Å². The molecule has 0 aliphatic rings. The van der Waals surface area contributed by atoms with Crippen LogP contribution in [0.2, 0.25) is 0 Å². The summed E-state index contributed by atoms with van der Waals surface area (Å²) in [6, 6.07) is 0. The van der Waals surface area contributed by atoms with E-state index in [0.29, 0.717) is 13.1 Å². The van der Waals surface area contributed by atoms with E-state index < -0.39 is 0 Å². The van der Waals surface area contributed by atoms with Crippen LogP contribution in [0.3, 0.4) is 0 Å². The largest absolute Gasteiger partial charge is 0.395 e. The summed E-state index contributed by atoms with van der Waals surface area (Å²) >= 11 is 0. The van der Waals surface area contributed by atoms with Gasteiger partial charge in [0.2, 0.25) is 0 Å². The Labute approximate surface area is 69.2 Å². The number of aliphatic hydroxyl groups excluding tert-OH is 1. The SMILES string of the molecule is CC(C)(C)N(CCN)CCO. The fourth-order valence-electron chi connectivity index (χ4n) is 1.06. The molecule has 0 atom stereocenters. The molecule has 3 heteroatoms. The fourth-order valence-corrected chi connectivity index (χ4v) is 1.06. The normalized spacial score (nSPS) is 12.5. The number of β-amino-alcohol motifs (C(OH)–C–C–N with tert-alkyl or cyclic N) is 1. The van der Waals surface area contributed by atoms with Crippen molar-refractivity contribution in [2.75, 3.05) is 26.2 Å². The number of hydrogen-bond acceptors (Lipinski definition) is 3. The zero-order valence-electron chi connectivity index (χ0n) is 7.80. The second kappa shape index (κ2) is 4.70. The summed E-state index contributed by atoms with van der Waals surface area (Å²) in [7, 11) is 0. The van der Waals surface area contributed by atoms with Crippen molar-refractivity contribution in [2.24, 2.45) is 5.73 Å². The predicted molar refractivity (Wildman–Crippen MR) is 47.5 cm³/mol. The topological polar surface area (TPSA) is 49.5 Å². The molecule has 0 aliphatic heterocycles. The van der Waals surface area contributed by atoms with E-state index in [9.17, 15) is 0 Å². The van der Waals surface area contributed by atoms with Gasteiger partial charge in [-0.25, -0.2) is 0 Å². The van der Waals surface area contributed by atoms with Crippen LogP contribution >= 0.6 is 0 Å².